The third kappa shape index (κ3) is 6.60. The van der Waals surface area contributed by atoms with Gasteiger partial charge in [-0.15, -0.1) is 0 Å². The van der Waals surface area contributed by atoms with Crippen LogP contribution in [0.3, 0.4) is 0 Å². The lowest BCUT2D eigenvalue weighted by Crippen LogP contribution is -2.28. The third-order valence-corrected chi connectivity index (χ3v) is 7.32. The number of nitrogens with zero attached hydrogens (tertiary/aromatic N) is 3. The lowest BCUT2D eigenvalue weighted by atomic mass is 9.88. The molecular weight excluding hydrogens is 480 g/mol. The highest BCUT2D eigenvalue weighted by molar-refractivity contribution is 6.33. The number of Topliss-reactive ketones (excluding diaryl/α,β-unsaturated/α-hetero) is 1. The third-order valence-electron chi connectivity index (χ3n) is 7.04. The van der Waals surface area contributed by atoms with Crippen molar-refractivity contribution in [3.8, 4) is 11.3 Å². The van der Waals surface area contributed by atoms with Crippen molar-refractivity contribution >= 4 is 29.2 Å². The van der Waals surface area contributed by atoms with Crippen molar-refractivity contribution in [2.24, 2.45) is 5.92 Å². The van der Waals surface area contributed by atoms with Gasteiger partial charge in [0.2, 0.25) is 5.95 Å². The number of hydrogen-bond acceptors (Lipinski definition) is 7. The average molecular weight is 515 g/mol. The van der Waals surface area contributed by atoms with Gasteiger partial charge in [0.1, 0.15) is 5.78 Å². The normalized spacial score (nSPS) is 22.0. The first kappa shape index (κ1) is 26.5. The molecule has 2 fully saturated rings. The molecule has 2 unspecified atom stereocenters. The number of halogens is 1. The number of aromatic nitrogens is 2. The standard InChI is InChI=1S/C20H21ClN4O3.C7H14O/c1-12(26)10-25-11-14-3-2-13(8-16(14)19(25)27)18-17(21)9-22-20(24-18)23-15-4-6-28-7-5-15;1-6-4-2-3-5-7(6)8/h2-3,8-9,15H,4-7,10-11H2,1H3,(H,22,23,24);6-8H,2-5H2,1H3. The maximum Gasteiger partial charge on any atom is 0.254 e. The molecule has 1 aromatic carbocycles. The van der Waals surface area contributed by atoms with E-state index in [1.165, 1.54) is 26.2 Å². The summed E-state index contributed by atoms with van der Waals surface area (Å²) in [4.78, 5) is 34.4. The van der Waals surface area contributed by atoms with Gasteiger partial charge in [0.05, 0.1) is 29.6 Å². The van der Waals surface area contributed by atoms with Crippen LogP contribution in [0.5, 0.6) is 0 Å². The van der Waals surface area contributed by atoms with E-state index in [0.717, 1.165) is 43.6 Å². The number of anilines is 1. The van der Waals surface area contributed by atoms with Crippen LogP contribution in [0.1, 0.15) is 68.3 Å². The molecule has 9 heteroatoms. The second-order valence-corrected chi connectivity index (χ2v) is 10.4. The monoisotopic (exact) mass is 514 g/mol. The summed E-state index contributed by atoms with van der Waals surface area (Å²) < 4.78 is 5.38. The first-order chi connectivity index (χ1) is 17.3. The van der Waals surface area contributed by atoms with Crippen LogP contribution in [0, 0.1) is 5.92 Å². The number of nitrogens with one attached hydrogen (secondary N) is 1. The Labute approximate surface area is 217 Å². The molecule has 1 amide bonds. The van der Waals surface area contributed by atoms with Gasteiger partial charge in [0.15, 0.2) is 0 Å². The minimum absolute atomic E-state index is 0.00347. The molecule has 36 heavy (non-hydrogen) atoms. The second-order valence-electron chi connectivity index (χ2n) is 9.99. The van der Waals surface area contributed by atoms with Crippen LogP contribution in [-0.4, -0.2) is 63.6 Å². The van der Waals surface area contributed by atoms with Crippen molar-refractivity contribution in [1.82, 2.24) is 14.9 Å². The van der Waals surface area contributed by atoms with Gasteiger partial charge in [-0.2, -0.15) is 0 Å². The molecule has 8 nitrogen and oxygen atoms in total. The molecule has 1 saturated carbocycles. The summed E-state index contributed by atoms with van der Waals surface area (Å²) in [6, 6.07) is 5.86. The van der Waals surface area contributed by atoms with Crippen LogP contribution in [-0.2, 0) is 16.1 Å². The highest BCUT2D eigenvalue weighted by Crippen LogP contribution is 2.31. The van der Waals surface area contributed by atoms with E-state index in [0.29, 0.717) is 34.7 Å². The Kier molecular flexibility index (Phi) is 8.93. The fraction of sp³-hybridized carbons (Fsp3) is 0.556. The number of carbonyl (C=O) groups excluding carboxylic acids is 2. The lowest BCUT2D eigenvalue weighted by molar-refractivity contribution is -0.117. The fourth-order valence-corrected chi connectivity index (χ4v) is 5.07. The molecule has 1 aliphatic carbocycles. The Bertz CT molecular complexity index is 1080. The average Bonchev–Trinajstić information content (AvgIpc) is 3.17. The van der Waals surface area contributed by atoms with E-state index in [-0.39, 0.29) is 30.4 Å². The van der Waals surface area contributed by atoms with Gasteiger partial charge in [0, 0.05) is 36.9 Å². The first-order valence-corrected chi connectivity index (χ1v) is 13.2. The molecule has 1 saturated heterocycles. The number of amides is 1. The topological polar surface area (TPSA) is 105 Å². The van der Waals surface area contributed by atoms with E-state index in [9.17, 15) is 14.7 Å². The van der Waals surface area contributed by atoms with Crippen LogP contribution in [0.15, 0.2) is 24.4 Å². The summed E-state index contributed by atoms with van der Waals surface area (Å²) >= 11 is 6.35. The molecule has 2 aliphatic heterocycles. The van der Waals surface area contributed by atoms with E-state index in [4.69, 9.17) is 16.3 Å². The molecule has 3 aliphatic rings. The molecule has 2 aromatic rings. The molecule has 3 heterocycles. The number of ketones is 1. The number of hydrogen-bond donors (Lipinski definition) is 2. The summed E-state index contributed by atoms with van der Waals surface area (Å²) in [6.45, 7) is 5.63. The molecular formula is C27H35ClN4O4. The molecule has 5 rings (SSSR count). The van der Waals surface area contributed by atoms with Crippen molar-refractivity contribution in [1.29, 1.82) is 0 Å². The van der Waals surface area contributed by atoms with Gasteiger partial charge in [-0.05, 0) is 50.2 Å². The fourth-order valence-electron chi connectivity index (χ4n) is 4.87. The zero-order valence-corrected chi connectivity index (χ0v) is 21.8. The van der Waals surface area contributed by atoms with Gasteiger partial charge < -0.3 is 20.1 Å². The molecule has 2 atom stereocenters. The maximum atomic E-state index is 12.6. The number of benzene rings is 1. The van der Waals surface area contributed by atoms with Gasteiger partial charge in [-0.3, -0.25) is 9.59 Å². The molecule has 1 aromatic heterocycles. The minimum atomic E-state index is -0.141. The van der Waals surface area contributed by atoms with E-state index in [1.54, 1.807) is 17.2 Å². The van der Waals surface area contributed by atoms with Crippen LogP contribution >= 0.6 is 11.6 Å². The van der Waals surface area contributed by atoms with Crippen LogP contribution in [0.25, 0.3) is 11.3 Å². The minimum Gasteiger partial charge on any atom is -0.393 e. The van der Waals surface area contributed by atoms with Gasteiger partial charge >= 0.3 is 0 Å². The zero-order chi connectivity index (χ0) is 25.7. The van der Waals surface area contributed by atoms with Gasteiger partial charge in [0.25, 0.3) is 5.91 Å². The van der Waals surface area contributed by atoms with Crippen molar-refractivity contribution in [3.05, 3.63) is 40.5 Å². The highest BCUT2D eigenvalue weighted by atomic mass is 35.5. The Morgan fingerprint density at radius 2 is 1.97 bits per heavy atom. The summed E-state index contributed by atoms with van der Waals surface area (Å²) in [5.74, 6) is 0.891. The van der Waals surface area contributed by atoms with E-state index in [1.807, 2.05) is 12.1 Å². The number of rotatable bonds is 5. The molecule has 194 valence electrons. The quantitative estimate of drug-likeness (QED) is 0.605. The summed E-state index contributed by atoms with van der Waals surface area (Å²) in [6.07, 6.45) is 8.18. The number of fused-ring (bicyclic) bond motifs is 1. The van der Waals surface area contributed by atoms with Gasteiger partial charge in [-0.25, -0.2) is 9.97 Å². The molecule has 0 spiro atoms. The van der Waals surface area contributed by atoms with Crippen molar-refractivity contribution in [3.63, 3.8) is 0 Å². The number of aliphatic hydroxyl groups is 1. The molecule has 2 N–H and O–H groups in total. The number of carbonyl (C=O) groups is 2. The Hall–Kier alpha value is -2.55. The van der Waals surface area contributed by atoms with Gasteiger partial charge in [-0.1, -0.05) is 43.5 Å². The predicted molar refractivity (Wildman–Crippen MR) is 139 cm³/mol. The largest absolute Gasteiger partial charge is 0.393 e. The summed E-state index contributed by atoms with van der Waals surface area (Å²) in [7, 11) is 0. The van der Waals surface area contributed by atoms with Crippen LogP contribution in [0.2, 0.25) is 5.02 Å². The van der Waals surface area contributed by atoms with Crippen LogP contribution < -0.4 is 5.32 Å². The lowest BCUT2D eigenvalue weighted by Gasteiger charge is -2.23. The first-order valence-electron chi connectivity index (χ1n) is 12.8. The van der Waals surface area contributed by atoms with Crippen molar-refractivity contribution < 1.29 is 19.4 Å². The predicted octanol–water partition coefficient (Wildman–Crippen LogP) is 4.49. The number of aliphatic hydroxyl groups excluding tert-OH is 1. The van der Waals surface area contributed by atoms with E-state index < -0.39 is 0 Å². The van der Waals surface area contributed by atoms with Crippen molar-refractivity contribution in [2.75, 3.05) is 25.1 Å². The summed E-state index contributed by atoms with van der Waals surface area (Å²) in [5, 5.41) is 12.9. The van der Waals surface area contributed by atoms with Crippen molar-refractivity contribution in [2.45, 2.75) is 71.1 Å². The van der Waals surface area contributed by atoms with E-state index in [2.05, 4.69) is 22.2 Å². The number of ether oxygens (including phenoxy) is 1. The molecule has 0 bridgehead atoms. The second kappa shape index (κ2) is 12.1. The Balaban J connectivity index is 0.000000325. The van der Waals surface area contributed by atoms with Crippen LogP contribution in [0.4, 0.5) is 5.95 Å². The molecule has 0 radical (unpaired) electrons. The zero-order valence-electron chi connectivity index (χ0n) is 21.0. The SMILES string of the molecule is CC(=O)CN1Cc2ccc(-c3nc(NC4CCOCC4)ncc3Cl)cc2C1=O.CC1CCCCC1O. The smallest absolute Gasteiger partial charge is 0.254 e. The summed E-state index contributed by atoms with van der Waals surface area (Å²) in [5.41, 5.74) is 2.82. The Morgan fingerprint density at radius 1 is 1.22 bits per heavy atom. The Morgan fingerprint density at radius 3 is 2.64 bits per heavy atom. The maximum absolute atomic E-state index is 12.6. The highest BCUT2D eigenvalue weighted by Gasteiger charge is 2.28. The van der Waals surface area contributed by atoms with E-state index >= 15 is 0 Å².